The number of nitro groups is 1. The Hall–Kier alpha value is -2.90. The van der Waals surface area contributed by atoms with Crippen molar-refractivity contribution in [3.63, 3.8) is 0 Å². The van der Waals surface area contributed by atoms with E-state index in [9.17, 15) is 19.7 Å². The normalized spacial score (nSPS) is 21.0. The van der Waals surface area contributed by atoms with Crippen molar-refractivity contribution in [2.24, 2.45) is 11.8 Å². The molecule has 122 valence electrons. The molecule has 1 aromatic heterocycles. The van der Waals surface area contributed by atoms with Gasteiger partial charge in [-0.05, 0) is 25.0 Å². The molecule has 8 nitrogen and oxygen atoms in total. The van der Waals surface area contributed by atoms with Gasteiger partial charge in [-0.25, -0.2) is 0 Å². The standard InChI is InChI=1S/C15H15NO7/c17-14(18)12-5-1-2-6-13(12)15(19)23-9-10(16(20)21)8-11-4-3-7-22-11/h1-4,7-8,12-13H,5-6,9H2,(H,17,18)/b10-8+/t12-,13+/m1/s1. The average Bonchev–Trinajstić information content (AvgIpc) is 3.03. The molecular formula is C15H15NO7. The Kier molecular flexibility index (Phi) is 5.29. The van der Waals surface area contributed by atoms with Crippen LogP contribution in [0.25, 0.3) is 6.08 Å². The lowest BCUT2D eigenvalue weighted by molar-refractivity contribution is -0.428. The van der Waals surface area contributed by atoms with E-state index in [4.69, 9.17) is 14.3 Å². The van der Waals surface area contributed by atoms with Crippen molar-refractivity contribution in [3.05, 3.63) is 52.1 Å². The van der Waals surface area contributed by atoms with Crippen LogP contribution in [0.4, 0.5) is 0 Å². The first kappa shape index (κ1) is 16.5. The molecule has 2 rings (SSSR count). The fourth-order valence-corrected chi connectivity index (χ4v) is 2.28. The Labute approximate surface area is 131 Å². The molecule has 0 aliphatic heterocycles. The number of esters is 1. The molecule has 0 unspecified atom stereocenters. The molecule has 0 spiro atoms. The molecule has 0 saturated carbocycles. The number of carbonyl (C=O) groups excluding carboxylic acids is 1. The third-order valence-electron chi connectivity index (χ3n) is 3.50. The molecule has 8 heteroatoms. The van der Waals surface area contributed by atoms with Gasteiger partial charge in [0.2, 0.25) is 0 Å². The zero-order valence-electron chi connectivity index (χ0n) is 12.1. The van der Waals surface area contributed by atoms with Crippen molar-refractivity contribution < 1.29 is 28.8 Å². The quantitative estimate of drug-likeness (QED) is 0.368. The Morgan fingerprint density at radius 2 is 2.09 bits per heavy atom. The van der Waals surface area contributed by atoms with Crippen molar-refractivity contribution >= 4 is 18.0 Å². The van der Waals surface area contributed by atoms with Gasteiger partial charge in [0.25, 0.3) is 5.70 Å². The zero-order chi connectivity index (χ0) is 16.8. The second-order valence-electron chi connectivity index (χ2n) is 5.01. The van der Waals surface area contributed by atoms with E-state index in [2.05, 4.69) is 0 Å². The van der Waals surface area contributed by atoms with E-state index in [1.807, 2.05) is 0 Å². The van der Waals surface area contributed by atoms with Crippen LogP contribution in [0.1, 0.15) is 18.6 Å². The number of hydrogen-bond donors (Lipinski definition) is 1. The minimum absolute atomic E-state index is 0.236. The van der Waals surface area contributed by atoms with Crippen LogP contribution in [-0.4, -0.2) is 28.6 Å². The van der Waals surface area contributed by atoms with Crippen LogP contribution in [0.5, 0.6) is 0 Å². The molecule has 0 amide bonds. The van der Waals surface area contributed by atoms with Crippen molar-refractivity contribution in [2.75, 3.05) is 6.61 Å². The molecule has 0 aromatic carbocycles. The Bertz CT molecular complexity index is 645. The van der Waals surface area contributed by atoms with Gasteiger partial charge in [-0.1, -0.05) is 12.2 Å². The van der Waals surface area contributed by atoms with Crippen molar-refractivity contribution in [1.29, 1.82) is 0 Å². The number of hydrogen-bond acceptors (Lipinski definition) is 6. The summed E-state index contributed by atoms with van der Waals surface area (Å²) in [6.07, 6.45) is 6.40. The summed E-state index contributed by atoms with van der Waals surface area (Å²) in [5.41, 5.74) is -0.355. The van der Waals surface area contributed by atoms with Gasteiger partial charge in [0, 0.05) is 0 Å². The molecule has 2 atom stereocenters. The fourth-order valence-electron chi connectivity index (χ4n) is 2.28. The maximum Gasteiger partial charge on any atom is 0.310 e. The smallest absolute Gasteiger partial charge is 0.310 e. The third-order valence-corrected chi connectivity index (χ3v) is 3.50. The molecule has 1 aliphatic rings. The maximum atomic E-state index is 12.0. The monoisotopic (exact) mass is 321 g/mol. The average molecular weight is 321 g/mol. The molecular weight excluding hydrogens is 306 g/mol. The minimum Gasteiger partial charge on any atom is -0.481 e. The van der Waals surface area contributed by atoms with Gasteiger partial charge in [-0.2, -0.15) is 0 Å². The highest BCUT2D eigenvalue weighted by molar-refractivity contribution is 5.81. The highest BCUT2D eigenvalue weighted by Gasteiger charge is 2.35. The number of allylic oxidation sites excluding steroid dienone is 2. The van der Waals surface area contributed by atoms with Crippen LogP contribution >= 0.6 is 0 Å². The van der Waals surface area contributed by atoms with Crippen LogP contribution in [-0.2, 0) is 14.3 Å². The molecule has 0 radical (unpaired) electrons. The van der Waals surface area contributed by atoms with Gasteiger partial charge in [0.15, 0.2) is 6.61 Å². The summed E-state index contributed by atoms with van der Waals surface area (Å²) in [4.78, 5) is 33.5. The van der Waals surface area contributed by atoms with Gasteiger partial charge in [0.1, 0.15) is 5.76 Å². The van der Waals surface area contributed by atoms with E-state index in [0.717, 1.165) is 6.08 Å². The van der Waals surface area contributed by atoms with E-state index in [1.54, 1.807) is 18.2 Å². The first-order valence-electron chi connectivity index (χ1n) is 6.92. The van der Waals surface area contributed by atoms with E-state index in [1.165, 1.54) is 12.3 Å². The van der Waals surface area contributed by atoms with Gasteiger partial charge in [-0.3, -0.25) is 19.7 Å². The zero-order valence-corrected chi connectivity index (χ0v) is 12.1. The van der Waals surface area contributed by atoms with Gasteiger partial charge >= 0.3 is 11.9 Å². The van der Waals surface area contributed by atoms with Crippen LogP contribution in [0, 0.1) is 22.0 Å². The van der Waals surface area contributed by atoms with Crippen molar-refractivity contribution in [1.82, 2.24) is 0 Å². The Balaban J connectivity index is 2.03. The summed E-state index contributed by atoms with van der Waals surface area (Å²) in [7, 11) is 0. The van der Waals surface area contributed by atoms with E-state index < -0.39 is 35.3 Å². The number of carboxylic acid groups (broad SMARTS) is 1. The molecule has 1 heterocycles. The molecule has 1 N–H and O–H groups in total. The van der Waals surface area contributed by atoms with Crippen LogP contribution in [0.3, 0.4) is 0 Å². The summed E-state index contributed by atoms with van der Waals surface area (Å²) in [5, 5.41) is 20.1. The molecule has 0 bridgehead atoms. The number of aliphatic carboxylic acids is 1. The van der Waals surface area contributed by atoms with Crippen molar-refractivity contribution in [3.8, 4) is 0 Å². The summed E-state index contributed by atoms with van der Waals surface area (Å²) in [6, 6.07) is 3.10. The molecule has 0 saturated heterocycles. The van der Waals surface area contributed by atoms with Gasteiger partial charge in [0.05, 0.1) is 29.1 Å². The summed E-state index contributed by atoms with van der Waals surface area (Å²) >= 11 is 0. The topological polar surface area (TPSA) is 120 Å². The first-order valence-corrected chi connectivity index (χ1v) is 6.92. The van der Waals surface area contributed by atoms with Crippen molar-refractivity contribution in [2.45, 2.75) is 12.8 Å². The number of carbonyl (C=O) groups is 2. The second kappa shape index (κ2) is 7.39. The number of nitrogens with zero attached hydrogens (tertiary/aromatic N) is 1. The molecule has 1 aliphatic carbocycles. The van der Waals surface area contributed by atoms with Crippen LogP contribution < -0.4 is 0 Å². The lowest BCUT2D eigenvalue weighted by Crippen LogP contribution is -2.32. The van der Waals surface area contributed by atoms with Gasteiger partial charge in [-0.15, -0.1) is 0 Å². The molecule has 0 fully saturated rings. The summed E-state index contributed by atoms with van der Waals surface area (Å²) in [5.74, 6) is -3.29. The van der Waals surface area contributed by atoms with E-state index in [0.29, 0.717) is 0 Å². The minimum atomic E-state index is -1.09. The molecule has 1 aromatic rings. The summed E-state index contributed by atoms with van der Waals surface area (Å²) in [6.45, 7) is -0.556. The highest BCUT2D eigenvalue weighted by Crippen LogP contribution is 2.27. The SMILES string of the molecule is O=C(OC/C(=C\c1ccco1)[N+](=O)[O-])[C@H]1CC=CC[C@H]1C(=O)O. The van der Waals surface area contributed by atoms with Crippen LogP contribution in [0.15, 0.2) is 40.7 Å². The lowest BCUT2D eigenvalue weighted by atomic mass is 9.83. The Morgan fingerprint density at radius 1 is 1.39 bits per heavy atom. The number of ether oxygens (including phenoxy) is 1. The van der Waals surface area contributed by atoms with Gasteiger partial charge < -0.3 is 14.3 Å². The predicted octanol–water partition coefficient (Wildman–Crippen LogP) is 2.11. The third kappa shape index (κ3) is 4.29. The maximum absolute atomic E-state index is 12.0. The predicted molar refractivity (Wildman–Crippen MR) is 77.6 cm³/mol. The largest absolute Gasteiger partial charge is 0.481 e. The Morgan fingerprint density at radius 3 is 2.65 bits per heavy atom. The number of rotatable bonds is 6. The lowest BCUT2D eigenvalue weighted by Gasteiger charge is -2.23. The summed E-state index contributed by atoms with van der Waals surface area (Å²) < 4.78 is 9.92. The number of furan rings is 1. The second-order valence-corrected chi connectivity index (χ2v) is 5.01. The first-order chi connectivity index (χ1) is 11.0. The highest BCUT2D eigenvalue weighted by atomic mass is 16.6. The van der Waals surface area contributed by atoms with Crippen LogP contribution in [0.2, 0.25) is 0 Å². The number of carboxylic acids is 1. The molecule has 23 heavy (non-hydrogen) atoms. The fraction of sp³-hybridized carbons (Fsp3) is 0.333. The van der Waals surface area contributed by atoms with E-state index in [-0.39, 0.29) is 24.3 Å². The van der Waals surface area contributed by atoms with E-state index >= 15 is 0 Å².